The van der Waals surface area contributed by atoms with Crippen molar-refractivity contribution in [1.82, 2.24) is 0 Å². The van der Waals surface area contributed by atoms with Crippen molar-refractivity contribution in [2.45, 2.75) is 93.6 Å². The molecule has 0 aliphatic carbocycles. The summed E-state index contributed by atoms with van der Waals surface area (Å²) in [6.45, 7) is 21.9. The van der Waals surface area contributed by atoms with E-state index in [9.17, 15) is 4.79 Å². The van der Waals surface area contributed by atoms with Crippen molar-refractivity contribution in [3.05, 3.63) is 35.4 Å². The molecule has 0 N–H and O–H groups in total. The average Bonchev–Trinajstić information content (AvgIpc) is 2.51. The van der Waals surface area contributed by atoms with Gasteiger partial charge in [-0.2, -0.15) is 0 Å². The molecule has 0 aliphatic heterocycles. The molecule has 2 nitrogen and oxygen atoms in total. The average molecular weight is 361 g/mol. The van der Waals surface area contributed by atoms with E-state index in [-0.39, 0.29) is 22.7 Å². The Morgan fingerprint density at radius 1 is 0.962 bits per heavy atom. The molecule has 0 bridgehead atoms. The van der Waals surface area contributed by atoms with Gasteiger partial charge in [0.1, 0.15) is 5.60 Å². The predicted molar refractivity (Wildman–Crippen MR) is 112 cm³/mol. The van der Waals surface area contributed by atoms with Crippen molar-refractivity contribution < 1.29 is 9.53 Å². The Bertz CT molecular complexity index is 586. The quantitative estimate of drug-likeness (QED) is 0.479. The van der Waals surface area contributed by atoms with Crippen LogP contribution in [0.15, 0.2) is 24.3 Å². The Labute approximate surface area is 161 Å². The van der Waals surface area contributed by atoms with Crippen molar-refractivity contribution >= 4 is 5.97 Å². The molecule has 0 amide bonds. The van der Waals surface area contributed by atoms with E-state index in [1.807, 2.05) is 26.0 Å². The van der Waals surface area contributed by atoms with Crippen LogP contribution >= 0.6 is 0 Å². The van der Waals surface area contributed by atoms with Crippen molar-refractivity contribution in [2.75, 3.05) is 0 Å². The number of benzene rings is 1. The molecule has 1 aromatic carbocycles. The van der Waals surface area contributed by atoms with Gasteiger partial charge in [0.2, 0.25) is 0 Å². The number of hydrogen-bond acceptors (Lipinski definition) is 2. The fourth-order valence-electron chi connectivity index (χ4n) is 2.97. The van der Waals surface area contributed by atoms with E-state index >= 15 is 0 Å². The molecule has 0 aromatic heterocycles. The van der Waals surface area contributed by atoms with Crippen molar-refractivity contribution in [3.63, 3.8) is 0 Å². The molecule has 1 atom stereocenters. The lowest BCUT2D eigenvalue weighted by atomic mass is 9.67. The Morgan fingerprint density at radius 3 is 1.85 bits per heavy atom. The van der Waals surface area contributed by atoms with Gasteiger partial charge in [0.25, 0.3) is 0 Å². The smallest absolute Gasteiger partial charge is 0.338 e. The molecule has 26 heavy (non-hydrogen) atoms. The summed E-state index contributed by atoms with van der Waals surface area (Å²) in [6.07, 6.45) is 2.25. The molecule has 0 spiro atoms. The molecule has 2 heteroatoms. The van der Waals surface area contributed by atoms with Gasteiger partial charge in [0.05, 0.1) is 5.56 Å². The van der Waals surface area contributed by atoms with Crippen LogP contribution in [0.1, 0.15) is 104 Å². The fourth-order valence-corrected chi connectivity index (χ4v) is 2.97. The maximum atomic E-state index is 12.5. The first-order valence-electron chi connectivity index (χ1n) is 10.0. The molecule has 0 fully saturated rings. The Balaban J connectivity index is 3.07. The Morgan fingerprint density at radius 2 is 1.46 bits per heavy atom. The Kier molecular flexibility index (Phi) is 7.12. The highest BCUT2D eigenvalue weighted by molar-refractivity contribution is 5.89. The molecule has 0 aliphatic rings. The number of carbonyl (C=O) groups excluding carboxylic acids is 1. The van der Waals surface area contributed by atoms with Crippen LogP contribution < -0.4 is 0 Å². The summed E-state index contributed by atoms with van der Waals surface area (Å²) in [7, 11) is 0. The van der Waals surface area contributed by atoms with E-state index in [0.29, 0.717) is 11.5 Å². The molecule has 0 radical (unpaired) electrons. The van der Waals surface area contributed by atoms with Gasteiger partial charge in [-0.3, -0.25) is 0 Å². The third kappa shape index (κ3) is 6.14. The third-order valence-electron chi connectivity index (χ3n) is 5.97. The van der Waals surface area contributed by atoms with Crippen LogP contribution in [0.2, 0.25) is 0 Å². The van der Waals surface area contributed by atoms with Gasteiger partial charge < -0.3 is 4.74 Å². The van der Waals surface area contributed by atoms with E-state index in [1.54, 1.807) is 0 Å². The van der Waals surface area contributed by atoms with Gasteiger partial charge in [-0.05, 0) is 60.6 Å². The zero-order valence-corrected chi connectivity index (χ0v) is 18.7. The molecule has 0 saturated heterocycles. The number of hydrogen-bond donors (Lipinski definition) is 0. The van der Waals surface area contributed by atoms with Gasteiger partial charge in [0, 0.05) is 0 Å². The predicted octanol–water partition coefficient (Wildman–Crippen LogP) is 7.23. The van der Waals surface area contributed by atoms with Crippen LogP contribution in [0.5, 0.6) is 0 Å². The van der Waals surface area contributed by atoms with Crippen LogP contribution in [-0.2, 0) is 4.74 Å². The van der Waals surface area contributed by atoms with Crippen LogP contribution in [0.4, 0.5) is 0 Å². The van der Waals surface area contributed by atoms with E-state index < -0.39 is 5.60 Å². The first-order valence-corrected chi connectivity index (χ1v) is 10.0. The minimum Gasteiger partial charge on any atom is -0.456 e. The molecular weight excluding hydrogens is 320 g/mol. The second-order valence-corrected chi connectivity index (χ2v) is 10.4. The summed E-state index contributed by atoms with van der Waals surface area (Å²) < 4.78 is 5.72. The van der Waals surface area contributed by atoms with Crippen molar-refractivity contribution in [3.8, 4) is 0 Å². The van der Waals surface area contributed by atoms with Crippen LogP contribution in [0.25, 0.3) is 0 Å². The number of carbonyl (C=O) groups is 1. The van der Waals surface area contributed by atoms with Crippen molar-refractivity contribution in [2.24, 2.45) is 16.7 Å². The van der Waals surface area contributed by atoms with Gasteiger partial charge in [-0.1, -0.05) is 73.9 Å². The molecule has 1 rings (SSSR count). The zero-order chi connectivity index (χ0) is 20.3. The van der Waals surface area contributed by atoms with E-state index in [2.05, 4.69) is 67.5 Å². The Hall–Kier alpha value is -1.31. The van der Waals surface area contributed by atoms with Gasteiger partial charge in [0.15, 0.2) is 0 Å². The summed E-state index contributed by atoms with van der Waals surface area (Å²) in [5.41, 5.74) is 1.96. The topological polar surface area (TPSA) is 26.3 Å². The maximum Gasteiger partial charge on any atom is 0.338 e. The third-order valence-corrected chi connectivity index (χ3v) is 5.97. The highest BCUT2D eigenvalue weighted by Gasteiger charge is 2.33. The molecule has 0 heterocycles. The standard InChI is InChI=1S/C24H40O2/c1-11-23(7,8)20(16-22(4,5)6)18-12-14-19(15-13-18)21(25)26-24(9,10)17(2)3/h12-15,17,20H,11,16H2,1-10H3. The van der Waals surface area contributed by atoms with Gasteiger partial charge in [-0.15, -0.1) is 0 Å². The SMILES string of the molecule is CCC(C)(C)C(CC(C)(C)C)c1ccc(C(=O)OC(C)(C)C(C)C)cc1. The summed E-state index contributed by atoms with van der Waals surface area (Å²) in [5, 5.41) is 0. The van der Waals surface area contributed by atoms with Crippen molar-refractivity contribution in [1.29, 1.82) is 0 Å². The molecule has 148 valence electrons. The van der Waals surface area contributed by atoms with E-state index in [1.165, 1.54) is 5.56 Å². The molecule has 1 aromatic rings. The molecule has 1 unspecified atom stereocenters. The lowest BCUT2D eigenvalue weighted by Gasteiger charge is -2.38. The highest BCUT2D eigenvalue weighted by atomic mass is 16.6. The number of esters is 1. The zero-order valence-electron chi connectivity index (χ0n) is 18.7. The monoisotopic (exact) mass is 360 g/mol. The second-order valence-electron chi connectivity index (χ2n) is 10.4. The maximum absolute atomic E-state index is 12.5. The second kappa shape index (κ2) is 8.15. The van der Waals surface area contributed by atoms with E-state index in [0.717, 1.165) is 12.8 Å². The molecular formula is C24H40O2. The largest absolute Gasteiger partial charge is 0.456 e. The lowest BCUT2D eigenvalue weighted by Crippen LogP contribution is -2.33. The van der Waals surface area contributed by atoms with Gasteiger partial charge in [-0.25, -0.2) is 4.79 Å². The summed E-state index contributed by atoms with van der Waals surface area (Å²) in [6, 6.07) is 8.09. The fraction of sp³-hybridized carbons (Fsp3) is 0.708. The highest BCUT2D eigenvalue weighted by Crippen LogP contribution is 2.45. The van der Waals surface area contributed by atoms with E-state index in [4.69, 9.17) is 4.74 Å². The summed E-state index contributed by atoms with van der Waals surface area (Å²) in [5.74, 6) is 0.495. The summed E-state index contributed by atoms with van der Waals surface area (Å²) >= 11 is 0. The van der Waals surface area contributed by atoms with Crippen LogP contribution in [-0.4, -0.2) is 11.6 Å². The molecule has 0 saturated carbocycles. The lowest BCUT2D eigenvalue weighted by molar-refractivity contribution is -0.0222. The number of ether oxygens (including phenoxy) is 1. The van der Waals surface area contributed by atoms with Gasteiger partial charge >= 0.3 is 5.97 Å². The minimum atomic E-state index is -0.464. The first kappa shape index (κ1) is 22.7. The first-order chi connectivity index (χ1) is 11.7. The minimum absolute atomic E-state index is 0.217. The van der Waals surface area contributed by atoms with Crippen LogP contribution in [0.3, 0.4) is 0 Å². The summed E-state index contributed by atoms with van der Waals surface area (Å²) in [4.78, 5) is 12.5. The van der Waals surface area contributed by atoms with Crippen LogP contribution in [0, 0.1) is 16.7 Å². The normalized spacial score (nSPS) is 14.4. The number of rotatable bonds is 7.